The first-order chi connectivity index (χ1) is 13.5. The van der Waals surface area contributed by atoms with E-state index in [4.69, 9.17) is 10.5 Å². The van der Waals surface area contributed by atoms with Crippen LogP contribution in [0.4, 0.5) is 17.1 Å². The number of nitrogen functional groups attached to an aromatic ring is 1. The lowest BCUT2D eigenvalue weighted by Gasteiger charge is -2.31. The largest absolute Gasteiger partial charge is 0.495 e. The summed E-state index contributed by atoms with van der Waals surface area (Å²) in [6.45, 7) is 2.81. The average Bonchev–Trinajstić information content (AvgIpc) is 2.67. The SMILES string of the molecule is COc1ccc(C)cc1NC(=O)CNC(=O)CN1CCCc2c(N)cccc21.Cl. The molecule has 2 amide bonds. The van der Waals surface area contributed by atoms with Crippen LogP contribution in [0, 0.1) is 6.92 Å². The average molecular weight is 419 g/mol. The number of amides is 2. The minimum atomic E-state index is -0.305. The van der Waals surface area contributed by atoms with Gasteiger partial charge in [-0.1, -0.05) is 12.1 Å². The van der Waals surface area contributed by atoms with Gasteiger partial charge in [0.05, 0.1) is 25.9 Å². The number of fused-ring (bicyclic) bond motifs is 1. The van der Waals surface area contributed by atoms with Crippen molar-refractivity contribution >= 4 is 41.3 Å². The minimum absolute atomic E-state index is 0. The molecule has 4 N–H and O–H groups in total. The van der Waals surface area contributed by atoms with Gasteiger partial charge in [0, 0.05) is 17.9 Å². The fourth-order valence-electron chi connectivity index (χ4n) is 3.41. The second kappa shape index (κ2) is 10.0. The maximum absolute atomic E-state index is 12.4. The number of nitrogens with two attached hydrogens (primary N) is 1. The van der Waals surface area contributed by atoms with Crippen molar-refractivity contribution in [2.24, 2.45) is 0 Å². The second-order valence-corrected chi connectivity index (χ2v) is 6.90. The van der Waals surface area contributed by atoms with Gasteiger partial charge in [0.25, 0.3) is 0 Å². The molecule has 7 nitrogen and oxygen atoms in total. The zero-order valence-corrected chi connectivity index (χ0v) is 17.5. The summed E-state index contributed by atoms with van der Waals surface area (Å²) in [5.41, 5.74) is 10.5. The van der Waals surface area contributed by atoms with Crippen LogP contribution >= 0.6 is 12.4 Å². The quantitative estimate of drug-likeness (QED) is 0.626. The Kier molecular flexibility index (Phi) is 7.73. The highest BCUT2D eigenvalue weighted by atomic mass is 35.5. The predicted octanol–water partition coefficient (Wildman–Crippen LogP) is 2.52. The lowest BCUT2D eigenvalue weighted by Crippen LogP contribution is -2.42. The van der Waals surface area contributed by atoms with Gasteiger partial charge in [0.1, 0.15) is 5.75 Å². The lowest BCUT2D eigenvalue weighted by atomic mass is 10.00. The van der Waals surface area contributed by atoms with Gasteiger partial charge < -0.3 is 26.0 Å². The van der Waals surface area contributed by atoms with Gasteiger partial charge in [-0.15, -0.1) is 12.4 Å². The third kappa shape index (κ3) is 5.54. The third-order valence-corrected chi connectivity index (χ3v) is 4.79. The van der Waals surface area contributed by atoms with Gasteiger partial charge in [-0.2, -0.15) is 0 Å². The van der Waals surface area contributed by atoms with Gasteiger partial charge >= 0.3 is 0 Å². The molecule has 0 radical (unpaired) electrons. The molecule has 1 aliphatic heterocycles. The second-order valence-electron chi connectivity index (χ2n) is 6.90. The molecule has 2 aromatic rings. The summed E-state index contributed by atoms with van der Waals surface area (Å²) in [4.78, 5) is 26.6. The number of methoxy groups -OCH3 is 1. The van der Waals surface area contributed by atoms with E-state index in [1.807, 2.05) is 42.2 Å². The van der Waals surface area contributed by atoms with Crippen molar-refractivity contribution in [2.45, 2.75) is 19.8 Å². The summed E-state index contributed by atoms with van der Waals surface area (Å²) in [7, 11) is 1.55. The van der Waals surface area contributed by atoms with E-state index < -0.39 is 0 Å². The number of halogens is 1. The smallest absolute Gasteiger partial charge is 0.243 e. The number of ether oxygens (including phenoxy) is 1. The number of anilines is 3. The number of carbonyl (C=O) groups is 2. The Morgan fingerprint density at radius 1 is 1.21 bits per heavy atom. The van der Waals surface area contributed by atoms with Gasteiger partial charge in [0.15, 0.2) is 0 Å². The molecule has 3 rings (SSSR count). The number of hydrogen-bond donors (Lipinski definition) is 3. The van der Waals surface area contributed by atoms with Gasteiger partial charge in [-0.3, -0.25) is 9.59 Å². The molecule has 0 aliphatic carbocycles. The van der Waals surface area contributed by atoms with Crippen molar-refractivity contribution in [1.82, 2.24) is 5.32 Å². The number of hydrogen-bond acceptors (Lipinski definition) is 5. The number of rotatable bonds is 6. The molecule has 0 unspecified atom stereocenters. The van der Waals surface area contributed by atoms with Crippen molar-refractivity contribution in [2.75, 3.05) is 42.7 Å². The molecule has 8 heteroatoms. The molecule has 0 bridgehead atoms. The van der Waals surface area contributed by atoms with E-state index in [1.165, 1.54) is 0 Å². The van der Waals surface area contributed by atoms with Crippen LogP contribution in [0.5, 0.6) is 5.75 Å². The molecule has 0 fully saturated rings. The summed E-state index contributed by atoms with van der Waals surface area (Å²) < 4.78 is 5.25. The van der Waals surface area contributed by atoms with Crippen LogP contribution in [-0.4, -0.2) is 38.6 Å². The maximum Gasteiger partial charge on any atom is 0.243 e. The van der Waals surface area contributed by atoms with Crippen LogP contribution < -0.4 is 26.0 Å². The summed E-state index contributed by atoms with van der Waals surface area (Å²) in [5.74, 6) is 0.0648. The molecule has 1 aliphatic rings. The fraction of sp³-hybridized carbons (Fsp3) is 0.333. The molecular weight excluding hydrogens is 392 g/mol. The van der Waals surface area contributed by atoms with E-state index >= 15 is 0 Å². The van der Waals surface area contributed by atoms with Crippen molar-refractivity contribution in [1.29, 1.82) is 0 Å². The molecular formula is C21H27ClN4O3. The monoisotopic (exact) mass is 418 g/mol. The van der Waals surface area contributed by atoms with Crippen LogP contribution in [0.15, 0.2) is 36.4 Å². The van der Waals surface area contributed by atoms with Gasteiger partial charge in [-0.05, 0) is 55.2 Å². The van der Waals surface area contributed by atoms with E-state index in [1.54, 1.807) is 13.2 Å². The Morgan fingerprint density at radius 3 is 2.76 bits per heavy atom. The Bertz CT molecular complexity index is 888. The number of nitrogens with one attached hydrogen (secondary N) is 2. The Morgan fingerprint density at radius 2 is 2.00 bits per heavy atom. The topological polar surface area (TPSA) is 96.7 Å². The number of carbonyl (C=O) groups excluding carboxylic acids is 2. The molecule has 0 aromatic heterocycles. The number of nitrogens with zero attached hydrogens (tertiary/aromatic N) is 1. The molecule has 29 heavy (non-hydrogen) atoms. The number of aryl methyl sites for hydroxylation is 1. The number of benzene rings is 2. The molecule has 2 aromatic carbocycles. The molecule has 0 spiro atoms. The minimum Gasteiger partial charge on any atom is -0.495 e. The Labute approximate surface area is 177 Å². The normalized spacial score (nSPS) is 12.4. The van der Waals surface area contributed by atoms with E-state index in [0.717, 1.165) is 41.9 Å². The zero-order valence-electron chi connectivity index (χ0n) is 16.7. The molecule has 156 valence electrons. The summed E-state index contributed by atoms with van der Waals surface area (Å²) in [6.07, 6.45) is 1.86. The van der Waals surface area contributed by atoms with Crippen LogP contribution in [0.25, 0.3) is 0 Å². The summed E-state index contributed by atoms with van der Waals surface area (Å²) >= 11 is 0. The maximum atomic E-state index is 12.4. The van der Waals surface area contributed by atoms with Crippen molar-refractivity contribution in [3.05, 3.63) is 47.5 Å². The van der Waals surface area contributed by atoms with Crippen LogP contribution in [0.2, 0.25) is 0 Å². The first kappa shape index (κ1) is 22.4. The van der Waals surface area contributed by atoms with E-state index in [2.05, 4.69) is 10.6 Å². The summed E-state index contributed by atoms with van der Waals surface area (Å²) in [5, 5.41) is 5.46. The Balaban J connectivity index is 0.00000300. The van der Waals surface area contributed by atoms with E-state index in [0.29, 0.717) is 11.4 Å². The molecule has 0 saturated carbocycles. The van der Waals surface area contributed by atoms with Gasteiger partial charge in [-0.25, -0.2) is 0 Å². The van der Waals surface area contributed by atoms with Crippen molar-refractivity contribution < 1.29 is 14.3 Å². The standard InChI is InChI=1S/C21H26N4O3.ClH/c1-14-8-9-19(28-2)17(11-14)24-20(26)12-23-21(27)13-25-10-4-5-15-16(22)6-3-7-18(15)25;/h3,6-9,11H,4-5,10,12-13,22H2,1-2H3,(H,23,27)(H,24,26);1H. The zero-order chi connectivity index (χ0) is 20.1. The highest BCUT2D eigenvalue weighted by molar-refractivity contribution is 5.96. The van der Waals surface area contributed by atoms with Crippen molar-refractivity contribution in [3.63, 3.8) is 0 Å². The predicted molar refractivity (Wildman–Crippen MR) is 118 cm³/mol. The summed E-state index contributed by atoms with van der Waals surface area (Å²) in [6, 6.07) is 11.3. The Hall–Kier alpha value is -2.93. The van der Waals surface area contributed by atoms with Crippen LogP contribution in [0.1, 0.15) is 17.5 Å². The first-order valence-electron chi connectivity index (χ1n) is 9.31. The van der Waals surface area contributed by atoms with Crippen LogP contribution in [-0.2, 0) is 16.0 Å². The highest BCUT2D eigenvalue weighted by Crippen LogP contribution is 2.30. The van der Waals surface area contributed by atoms with E-state index in [9.17, 15) is 9.59 Å². The molecule has 0 saturated heterocycles. The lowest BCUT2D eigenvalue weighted by molar-refractivity contribution is -0.123. The van der Waals surface area contributed by atoms with Crippen LogP contribution in [0.3, 0.4) is 0 Å². The van der Waals surface area contributed by atoms with Crippen molar-refractivity contribution in [3.8, 4) is 5.75 Å². The third-order valence-electron chi connectivity index (χ3n) is 4.79. The molecule has 0 atom stereocenters. The molecule has 1 heterocycles. The first-order valence-corrected chi connectivity index (χ1v) is 9.31. The fourth-order valence-corrected chi connectivity index (χ4v) is 3.41. The van der Waals surface area contributed by atoms with E-state index in [-0.39, 0.29) is 37.3 Å². The highest BCUT2D eigenvalue weighted by Gasteiger charge is 2.20. The van der Waals surface area contributed by atoms with Gasteiger partial charge in [0.2, 0.25) is 11.8 Å².